The summed E-state index contributed by atoms with van der Waals surface area (Å²) in [5.41, 5.74) is 0. The van der Waals surface area contributed by atoms with Crippen LogP contribution in [0.15, 0.2) is 109 Å². The first kappa shape index (κ1) is 74.1. The summed E-state index contributed by atoms with van der Waals surface area (Å²) in [4.78, 5) is 37.9. The van der Waals surface area contributed by atoms with E-state index >= 15 is 0 Å². The van der Waals surface area contributed by atoms with Crippen LogP contribution in [0.3, 0.4) is 0 Å². The predicted molar refractivity (Wildman–Crippen MR) is 339 cm³/mol. The van der Waals surface area contributed by atoms with Crippen LogP contribution in [0.4, 0.5) is 0 Å². The lowest BCUT2D eigenvalue weighted by molar-refractivity contribution is -0.167. The molecule has 0 aliphatic carbocycles. The summed E-state index contributed by atoms with van der Waals surface area (Å²) < 4.78 is 16.8. The minimum atomic E-state index is -0.789. The number of rotatable bonds is 59. The summed E-state index contributed by atoms with van der Waals surface area (Å²) in [5.74, 6) is -0.927. The van der Waals surface area contributed by atoms with E-state index in [1.807, 2.05) is 0 Å². The van der Waals surface area contributed by atoms with Crippen molar-refractivity contribution in [2.24, 2.45) is 0 Å². The Bertz CT molecular complexity index is 1570. The van der Waals surface area contributed by atoms with Crippen LogP contribution in [0.5, 0.6) is 0 Å². The van der Waals surface area contributed by atoms with E-state index in [4.69, 9.17) is 14.2 Å². The quantitative estimate of drug-likeness (QED) is 0.0261. The summed E-state index contributed by atoms with van der Waals surface area (Å²) in [6, 6.07) is 0. The number of hydrogen-bond acceptors (Lipinski definition) is 6. The van der Waals surface area contributed by atoms with Crippen molar-refractivity contribution in [2.45, 2.75) is 316 Å². The molecule has 0 saturated heterocycles. The molecule has 0 aromatic carbocycles. The number of esters is 3. The van der Waals surface area contributed by atoms with Gasteiger partial charge in [-0.1, -0.05) is 310 Å². The molecule has 0 radical (unpaired) electrons. The van der Waals surface area contributed by atoms with Gasteiger partial charge < -0.3 is 14.2 Å². The molecule has 0 aliphatic rings. The lowest BCUT2D eigenvalue weighted by Crippen LogP contribution is -2.30. The standard InChI is InChI=1S/C72H122O6/c1-4-7-10-13-15-17-19-21-23-25-27-29-31-33-34-35-36-37-38-39-41-42-44-46-48-50-52-54-56-59-62-65-71(74)77-68-69(67-76-70(73)64-61-58-12-9-6-3)78-72(75)66-63-60-57-55-53-51-49-47-45-43-40-32-30-28-26-24-22-20-18-16-14-11-8-5-2/h7,10,15,17,21,23,27,29,33-34,36-37,39,41,44,46,50,52,69H,4-6,8-9,11-14,16,18-20,22,24-26,28,30-32,35,38,40,42-43,45,47-49,51,53-68H2,1-3H3/b10-7-,17-15-,23-21-,29-27-,34-33-,37-36-,41-39-,46-44-,52-50-. The van der Waals surface area contributed by atoms with Crippen LogP contribution in [0.2, 0.25) is 0 Å². The minimum absolute atomic E-state index is 0.0878. The van der Waals surface area contributed by atoms with E-state index in [1.165, 1.54) is 141 Å². The third-order valence-electron chi connectivity index (χ3n) is 14.0. The highest BCUT2D eigenvalue weighted by molar-refractivity contribution is 5.71. The molecule has 1 atom stereocenters. The molecule has 0 aromatic rings. The molecular weight excluding hydrogens is 961 g/mol. The molecule has 0 fully saturated rings. The first-order chi connectivity index (χ1) is 38.5. The van der Waals surface area contributed by atoms with Crippen LogP contribution in [0, 0.1) is 0 Å². The van der Waals surface area contributed by atoms with Crippen LogP contribution in [0.1, 0.15) is 310 Å². The number of hydrogen-bond donors (Lipinski definition) is 0. The van der Waals surface area contributed by atoms with Crippen molar-refractivity contribution in [1.29, 1.82) is 0 Å². The Balaban J connectivity index is 4.11. The molecule has 0 bridgehead atoms. The number of unbranched alkanes of at least 4 members (excludes halogenated alkanes) is 30. The van der Waals surface area contributed by atoms with Gasteiger partial charge in [-0.25, -0.2) is 0 Å². The van der Waals surface area contributed by atoms with Crippen LogP contribution in [-0.4, -0.2) is 37.2 Å². The van der Waals surface area contributed by atoms with Gasteiger partial charge in [0.25, 0.3) is 0 Å². The van der Waals surface area contributed by atoms with Crippen molar-refractivity contribution in [3.05, 3.63) is 109 Å². The fourth-order valence-electron chi connectivity index (χ4n) is 9.14. The maximum atomic E-state index is 12.8. The van der Waals surface area contributed by atoms with Crippen molar-refractivity contribution in [3.63, 3.8) is 0 Å². The predicted octanol–water partition coefficient (Wildman–Crippen LogP) is 22.6. The van der Waals surface area contributed by atoms with E-state index < -0.39 is 6.10 Å². The summed E-state index contributed by atoms with van der Waals surface area (Å²) in [7, 11) is 0. The Morgan fingerprint density at radius 2 is 0.500 bits per heavy atom. The number of carbonyl (C=O) groups excluding carboxylic acids is 3. The molecule has 6 heteroatoms. The van der Waals surface area contributed by atoms with Gasteiger partial charge in [0.1, 0.15) is 13.2 Å². The van der Waals surface area contributed by atoms with Gasteiger partial charge in [0.15, 0.2) is 6.10 Å². The summed E-state index contributed by atoms with van der Waals surface area (Å²) in [5, 5.41) is 0. The molecule has 0 rings (SSSR count). The van der Waals surface area contributed by atoms with E-state index in [-0.39, 0.29) is 31.1 Å². The molecule has 0 aromatic heterocycles. The van der Waals surface area contributed by atoms with Gasteiger partial charge >= 0.3 is 17.9 Å². The van der Waals surface area contributed by atoms with E-state index in [1.54, 1.807) is 0 Å². The van der Waals surface area contributed by atoms with Crippen molar-refractivity contribution in [2.75, 3.05) is 13.2 Å². The Hall–Kier alpha value is -3.93. The molecule has 0 N–H and O–H groups in total. The average molecular weight is 1080 g/mol. The fraction of sp³-hybridized carbons (Fsp3) is 0.708. The lowest BCUT2D eigenvalue weighted by atomic mass is 10.0. The second kappa shape index (κ2) is 65.6. The minimum Gasteiger partial charge on any atom is -0.462 e. The first-order valence-corrected chi connectivity index (χ1v) is 32.9. The zero-order valence-corrected chi connectivity index (χ0v) is 51.2. The summed E-state index contributed by atoms with van der Waals surface area (Å²) >= 11 is 0. The maximum absolute atomic E-state index is 12.8. The van der Waals surface area contributed by atoms with Gasteiger partial charge in [-0.15, -0.1) is 0 Å². The second-order valence-corrected chi connectivity index (χ2v) is 21.7. The Kier molecular flexibility index (Phi) is 62.3. The normalized spacial score (nSPS) is 12.8. The molecule has 446 valence electrons. The highest BCUT2D eigenvalue weighted by atomic mass is 16.6. The molecular formula is C72H122O6. The molecule has 0 spiro atoms. The van der Waals surface area contributed by atoms with E-state index in [0.29, 0.717) is 19.3 Å². The van der Waals surface area contributed by atoms with Gasteiger partial charge in [0.2, 0.25) is 0 Å². The van der Waals surface area contributed by atoms with Crippen molar-refractivity contribution in [3.8, 4) is 0 Å². The van der Waals surface area contributed by atoms with Crippen molar-refractivity contribution >= 4 is 17.9 Å². The Labute approximate surface area is 482 Å². The molecule has 6 nitrogen and oxygen atoms in total. The monoisotopic (exact) mass is 1080 g/mol. The van der Waals surface area contributed by atoms with Gasteiger partial charge in [0, 0.05) is 19.3 Å². The van der Waals surface area contributed by atoms with E-state index in [2.05, 4.69) is 130 Å². The third-order valence-corrected chi connectivity index (χ3v) is 14.0. The van der Waals surface area contributed by atoms with Gasteiger partial charge in [-0.3, -0.25) is 14.4 Å². The highest BCUT2D eigenvalue weighted by Gasteiger charge is 2.19. The number of carbonyl (C=O) groups is 3. The van der Waals surface area contributed by atoms with Gasteiger partial charge in [-0.05, 0) is 89.9 Å². The fourth-order valence-corrected chi connectivity index (χ4v) is 9.14. The average Bonchev–Trinajstić information content (AvgIpc) is 3.44. The van der Waals surface area contributed by atoms with Gasteiger partial charge in [0.05, 0.1) is 0 Å². The lowest BCUT2D eigenvalue weighted by Gasteiger charge is -2.18. The first-order valence-electron chi connectivity index (χ1n) is 32.9. The zero-order chi connectivity index (χ0) is 56.4. The number of allylic oxidation sites excluding steroid dienone is 18. The molecule has 0 saturated carbocycles. The topological polar surface area (TPSA) is 78.9 Å². The molecule has 78 heavy (non-hydrogen) atoms. The van der Waals surface area contributed by atoms with Crippen LogP contribution in [-0.2, 0) is 28.6 Å². The van der Waals surface area contributed by atoms with Crippen LogP contribution >= 0.6 is 0 Å². The summed E-state index contributed by atoms with van der Waals surface area (Å²) in [6.45, 7) is 6.44. The van der Waals surface area contributed by atoms with Crippen LogP contribution < -0.4 is 0 Å². The maximum Gasteiger partial charge on any atom is 0.306 e. The largest absolute Gasteiger partial charge is 0.462 e. The van der Waals surface area contributed by atoms with Crippen molar-refractivity contribution in [1.82, 2.24) is 0 Å². The smallest absolute Gasteiger partial charge is 0.306 e. The van der Waals surface area contributed by atoms with Crippen LogP contribution in [0.25, 0.3) is 0 Å². The highest BCUT2D eigenvalue weighted by Crippen LogP contribution is 2.17. The molecule has 1 unspecified atom stereocenters. The van der Waals surface area contributed by atoms with Crippen molar-refractivity contribution < 1.29 is 28.6 Å². The Morgan fingerprint density at radius 3 is 0.782 bits per heavy atom. The second-order valence-electron chi connectivity index (χ2n) is 21.7. The van der Waals surface area contributed by atoms with E-state index in [0.717, 1.165) is 128 Å². The van der Waals surface area contributed by atoms with E-state index in [9.17, 15) is 14.4 Å². The molecule has 0 amide bonds. The molecule has 0 aliphatic heterocycles. The zero-order valence-electron chi connectivity index (χ0n) is 51.2. The Morgan fingerprint density at radius 1 is 0.269 bits per heavy atom. The number of ether oxygens (including phenoxy) is 3. The third kappa shape index (κ3) is 62.9. The van der Waals surface area contributed by atoms with Gasteiger partial charge in [-0.2, -0.15) is 0 Å². The summed E-state index contributed by atoms with van der Waals surface area (Å²) in [6.07, 6.45) is 90.1. The SMILES string of the molecule is CC/C=C\C/C=C\C/C=C\C/C=C\C/C=C\C/C=C\C/C=C\C/C=C\C/C=C\CCCCCC(=O)OCC(COC(=O)CCCCCCC)OC(=O)CCCCCCCCCCCCCCCCCCCCCCCCCC. The molecule has 0 heterocycles.